The topological polar surface area (TPSA) is 112 Å². The summed E-state index contributed by atoms with van der Waals surface area (Å²) < 4.78 is 4.24. The Hall–Kier alpha value is -3.72. The molecule has 1 aromatic carbocycles. The van der Waals surface area contributed by atoms with Gasteiger partial charge >= 0.3 is 5.91 Å². The van der Waals surface area contributed by atoms with Gasteiger partial charge in [-0.15, -0.1) is 0 Å². The molecule has 1 fully saturated rings. The van der Waals surface area contributed by atoms with Crippen LogP contribution in [-0.2, 0) is 0 Å². The molecule has 0 aliphatic heterocycles. The van der Waals surface area contributed by atoms with E-state index in [4.69, 9.17) is 5.10 Å². The molecule has 0 saturated heterocycles. The number of amides is 1. The van der Waals surface area contributed by atoms with E-state index >= 15 is 0 Å². The van der Waals surface area contributed by atoms with Gasteiger partial charge in [-0.05, 0) is 49.9 Å². The highest BCUT2D eigenvalue weighted by molar-refractivity contribution is 6.04. The van der Waals surface area contributed by atoms with Crippen LogP contribution < -0.4 is 10.0 Å². The van der Waals surface area contributed by atoms with Gasteiger partial charge in [0.05, 0.1) is 29.0 Å². The van der Waals surface area contributed by atoms with Crippen LogP contribution in [0.1, 0.15) is 47.9 Å². The molecule has 1 aliphatic rings. The summed E-state index contributed by atoms with van der Waals surface area (Å²) in [5.41, 5.74) is 2.44. The number of pyridine rings is 1. The van der Waals surface area contributed by atoms with Crippen LogP contribution in [0, 0.1) is 12.1 Å². The zero-order valence-corrected chi connectivity index (χ0v) is 17.7. The van der Waals surface area contributed by atoms with Crippen molar-refractivity contribution < 1.29 is 14.6 Å². The molecule has 0 radical (unpaired) electrons. The number of aliphatic hydroxyl groups excluding tert-OH is 1. The van der Waals surface area contributed by atoms with Crippen LogP contribution in [0.4, 0.5) is 5.69 Å². The smallest absolute Gasteiger partial charge is 0.321 e. The first-order valence-corrected chi connectivity index (χ1v) is 10.7. The van der Waals surface area contributed by atoms with Crippen molar-refractivity contribution in [1.29, 1.82) is 0 Å². The minimum Gasteiger partial charge on any atom is -0.618 e. The number of carbonyl (C=O) groups excluding carboxylic acids is 1. The minimum atomic E-state index is -0.495. The van der Waals surface area contributed by atoms with E-state index in [1.54, 1.807) is 42.2 Å². The van der Waals surface area contributed by atoms with Gasteiger partial charge in [0, 0.05) is 43.0 Å². The summed E-state index contributed by atoms with van der Waals surface area (Å²) in [6, 6.07) is 10.6. The van der Waals surface area contributed by atoms with Crippen molar-refractivity contribution in [3.63, 3.8) is 0 Å². The third-order valence-electron chi connectivity index (χ3n) is 6.04. The average Bonchev–Trinajstić information content (AvgIpc) is 3.45. The SMILES string of the molecule is Cc1cccc(C(=O)Nc2cc3cn(C4CCC(O)CC4)nc3cc2-n2cccn2)[n+]1[O-]. The molecule has 4 aromatic rings. The van der Waals surface area contributed by atoms with Crippen molar-refractivity contribution in [3.8, 4) is 5.69 Å². The number of aryl methyl sites for hydroxylation is 1. The quantitative estimate of drug-likeness (QED) is 0.380. The summed E-state index contributed by atoms with van der Waals surface area (Å²) in [5.74, 6) is -0.495. The number of nitrogens with zero attached hydrogens (tertiary/aromatic N) is 5. The van der Waals surface area contributed by atoms with E-state index < -0.39 is 5.91 Å². The maximum absolute atomic E-state index is 12.9. The predicted molar refractivity (Wildman–Crippen MR) is 118 cm³/mol. The Morgan fingerprint density at radius 3 is 2.78 bits per heavy atom. The van der Waals surface area contributed by atoms with Gasteiger partial charge in [0.15, 0.2) is 5.69 Å². The maximum atomic E-state index is 12.9. The molecule has 0 bridgehead atoms. The number of hydrogen-bond donors (Lipinski definition) is 2. The number of carbonyl (C=O) groups is 1. The van der Waals surface area contributed by atoms with Crippen LogP contribution in [0.2, 0.25) is 0 Å². The van der Waals surface area contributed by atoms with E-state index in [0.29, 0.717) is 21.8 Å². The van der Waals surface area contributed by atoms with Gasteiger partial charge in [0.1, 0.15) is 0 Å². The Morgan fingerprint density at radius 2 is 2.03 bits per heavy atom. The molecule has 9 heteroatoms. The lowest BCUT2D eigenvalue weighted by Crippen LogP contribution is -2.39. The number of benzene rings is 1. The number of fused-ring (bicyclic) bond motifs is 1. The largest absolute Gasteiger partial charge is 0.618 e. The number of aliphatic hydroxyl groups is 1. The molecule has 5 rings (SSSR count). The van der Waals surface area contributed by atoms with Crippen LogP contribution in [0.3, 0.4) is 0 Å². The molecule has 3 aromatic heterocycles. The Labute approximate surface area is 184 Å². The molecule has 9 nitrogen and oxygen atoms in total. The number of rotatable bonds is 4. The van der Waals surface area contributed by atoms with Crippen molar-refractivity contribution in [2.45, 2.75) is 44.8 Å². The van der Waals surface area contributed by atoms with Gasteiger partial charge < -0.3 is 15.6 Å². The van der Waals surface area contributed by atoms with E-state index in [9.17, 15) is 15.1 Å². The van der Waals surface area contributed by atoms with Gasteiger partial charge in [-0.2, -0.15) is 14.9 Å². The van der Waals surface area contributed by atoms with E-state index in [1.807, 2.05) is 23.0 Å². The standard InChI is InChI=1S/C23H24N6O3/c1-15-4-2-5-21(29(15)32)23(31)25-20-12-16-14-28(17-6-8-18(30)9-7-17)26-19(16)13-22(20)27-11-3-10-24-27/h2-5,10-14,17-18,30H,6-9H2,1H3,(H,25,31). The first-order valence-electron chi connectivity index (χ1n) is 10.7. The molecule has 0 atom stereocenters. The number of aromatic nitrogens is 5. The number of hydrogen-bond acceptors (Lipinski definition) is 5. The number of anilines is 1. The Kier molecular flexibility index (Phi) is 5.10. The first kappa shape index (κ1) is 20.2. The molecule has 2 N–H and O–H groups in total. The van der Waals surface area contributed by atoms with Crippen molar-refractivity contribution in [1.82, 2.24) is 19.6 Å². The van der Waals surface area contributed by atoms with Gasteiger partial charge in [-0.1, -0.05) is 0 Å². The van der Waals surface area contributed by atoms with Gasteiger partial charge in [0.2, 0.25) is 0 Å². The fourth-order valence-electron chi connectivity index (χ4n) is 4.25. The molecule has 32 heavy (non-hydrogen) atoms. The Balaban J connectivity index is 1.53. The Bertz CT molecular complexity index is 1270. The van der Waals surface area contributed by atoms with Crippen LogP contribution in [-0.4, -0.2) is 36.7 Å². The molecule has 3 heterocycles. The summed E-state index contributed by atoms with van der Waals surface area (Å²) in [7, 11) is 0. The molecule has 1 amide bonds. The lowest BCUT2D eigenvalue weighted by molar-refractivity contribution is -0.614. The zero-order valence-electron chi connectivity index (χ0n) is 17.7. The summed E-state index contributed by atoms with van der Waals surface area (Å²) >= 11 is 0. The molecule has 1 saturated carbocycles. The fourth-order valence-corrected chi connectivity index (χ4v) is 4.25. The van der Waals surface area contributed by atoms with Crippen molar-refractivity contribution in [2.75, 3.05) is 5.32 Å². The lowest BCUT2D eigenvalue weighted by atomic mass is 9.93. The summed E-state index contributed by atoms with van der Waals surface area (Å²) in [6.45, 7) is 1.66. The highest BCUT2D eigenvalue weighted by Crippen LogP contribution is 2.32. The lowest BCUT2D eigenvalue weighted by Gasteiger charge is -2.25. The van der Waals surface area contributed by atoms with Gasteiger partial charge in [-0.3, -0.25) is 9.48 Å². The van der Waals surface area contributed by atoms with Crippen molar-refractivity contribution in [3.05, 3.63) is 71.6 Å². The molecule has 164 valence electrons. The van der Waals surface area contributed by atoms with Crippen LogP contribution >= 0.6 is 0 Å². The summed E-state index contributed by atoms with van der Waals surface area (Å²) in [4.78, 5) is 12.9. The zero-order chi connectivity index (χ0) is 22.2. The van der Waals surface area contributed by atoms with E-state index in [-0.39, 0.29) is 17.8 Å². The van der Waals surface area contributed by atoms with Crippen molar-refractivity contribution in [2.24, 2.45) is 0 Å². The third-order valence-corrected chi connectivity index (χ3v) is 6.04. The average molecular weight is 432 g/mol. The molecule has 0 spiro atoms. The predicted octanol–water partition coefficient (Wildman–Crippen LogP) is 2.89. The minimum absolute atomic E-state index is 0.0213. The van der Waals surface area contributed by atoms with Crippen molar-refractivity contribution >= 4 is 22.5 Å². The second-order valence-corrected chi connectivity index (χ2v) is 8.25. The van der Waals surface area contributed by atoms with Crippen LogP contribution in [0.15, 0.2) is 55.0 Å². The third kappa shape index (κ3) is 3.71. The highest BCUT2D eigenvalue weighted by atomic mass is 16.5. The Morgan fingerprint density at radius 1 is 1.22 bits per heavy atom. The first-order chi connectivity index (χ1) is 15.5. The van der Waals surface area contributed by atoms with E-state index in [0.717, 1.165) is 36.6 Å². The van der Waals surface area contributed by atoms with E-state index in [2.05, 4.69) is 10.4 Å². The molecular formula is C23H24N6O3. The monoisotopic (exact) mass is 432 g/mol. The summed E-state index contributed by atoms with van der Waals surface area (Å²) in [6.07, 6.45) is 8.49. The molecule has 1 aliphatic carbocycles. The molecule has 0 unspecified atom stereocenters. The van der Waals surface area contributed by atoms with Crippen LogP contribution in [0.25, 0.3) is 16.6 Å². The van der Waals surface area contributed by atoms with E-state index in [1.165, 1.54) is 6.07 Å². The van der Waals surface area contributed by atoms with Gasteiger partial charge in [-0.25, -0.2) is 4.68 Å². The molecular weight excluding hydrogens is 408 g/mol. The second kappa shape index (κ2) is 8.08. The van der Waals surface area contributed by atoms with Gasteiger partial charge in [0.25, 0.3) is 5.69 Å². The summed E-state index contributed by atoms with van der Waals surface area (Å²) in [5, 5.41) is 35.0. The highest BCUT2D eigenvalue weighted by Gasteiger charge is 2.23. The fraction of sp³-hybridized carbons (Fsp3) is 0.304. The number of nitrogens with one attached hydrogen (secondary N) is 1. The second-order valence-electron chi connectivity index (χ2n) is 8.25. The maximum Gasteiger partial charge on any atom is 0.321 e. The van der Waals surface area contributed by atoms with Crippen LogP contribution in [0.5, 0.6) is 0 Å². The normalized spacial score (nSPS) is 18.7.